The van der Waals surface area contributed by atoms with Crippen molar-refractivity contribution in [3.8, 4) is 0 Å². The van der Waals surface area contributed by atoms with Crippen LogP contribution in [-0.2, 0) is 0 Å². The van der Waals surface area contributed by atoms with E-state index in [0.717, 1.165) is 18.4 Å². The molecule has 0 saturated carbocycles. The van der Waals surface area contributed by atoms with Gasteiger partial charge in [0.15, 0.2) is 0 Å². The minimum absolute atomic E-state index is 0.687. The van der Waals surface area contributed by atoms with Crippen molar-refractivity contribution in [1.29, 1.82) is 0 Å². The van der Waals surface area contributed by atoms with Gasteiger partial charge in [0.1, 0.15) is 0 Å². The van der Waals surface area contributed by atoms with E-state index in [-0.39, 0.29) is 0 Å². The molecule has 0 spiro atoms. The molecule has 0 rings (SSSR count). The van der Waals surface area contributed by atoms with Gasteiger partial charge in [-0.15, -0.1) is 0 Å². The van der Waals surface area contributed by atoms with Crippen molar-refractivity contribution in [2.75, 3.05) is 6.54 Å². The Morgan fingerprint density at radius 2 is 1.62 bits per heavy atom. The molecule has 0 aliphatic carbocycles. The minimum atomic E-state index is 0.687. The van der Waals surface area contributed by atoms with Gasteiger partial charge in [0, 0.05) is 6.04 Å². The van der Waals surface area contributed by atoms with Gasteiger partial charge in [-0.2, -0.15) is 0 Å². The van der Waals surface area contributed by atoms with Gasteiger partial charge < -0.3 is 5.32 Å². The normalized spacial score (nSPS) is 16.2. The predicted molar refractivity (Wildman–Crippen MR) is 61.0 cm³/mol. The summed E-state index contributed by atoms with van der Waals surface area (Å²) >= 11 is 0. The van der Waals surface area contributed by atoms with Crippen molar-refractivity contribution >= 4 is 0 Å². The lowest BCUT2D eigenvalue weighted by Crippen LogP contribution is -2.27. The van der Waals surface area contributed by atoms with E-state index in [2.05, 4.69) is 39.9 Å². The van der Waals surface area contributed by atoms with Crippen molar-refractivity contribution in [2.24, 2.45) is 11.8 Å². The smallest absolute Gasteiger partial charge is 0.00411 e. The summed E-state index contributed by atoms with van der Waals surface area (Å²) in [5.74, 6) is 1.73. The lowest BCUT2D eigenvalue weighted by atomic mass is 9.94. The van der Waals surface area contributed by atoms with Crippen LogP contribution >= 0.6 is 0 Å². The van der Waals surface area contributed by atoms with Gasteiger partial charge in [-0.3, -0.25) is 0 Å². The number of nitrogens with one attached hydrogen (secondary N) is 1. The first-order chi connectivity index (χ1) is 6.06. The molecular weight excluding hydrogens is 158 g/mol. The molecule has 0 aromatic carbocycles. The second-order valence-electron chi connectivity index (χ2n) is 4.77. The monoisotopic (exact) mass is 185 g/mol. The van der Waals surface area contributed by atoms with Crippen LogP contribution in [0.3, 0.4) is 0 Å². The van der Waals surface area contributed by atoms with Crippen molar-refractivity contribution < 1.29 is 0 Å². The third-order valence-electron chi connectivity index (χ3n) is 2.55. The van der Waals surface area contributed by atoms with E-state index in [4.69, 9.17) is 0 Å². The highest BCUT2D eigenvalue weighted by molar-refractivity contribution is 4.64. The van der Waals surface area contributed by atoms with E-state index >= 15 is 0 Å². The maximum absolute atomic E-state index is 3.46. The zero-order valence-corrected chi connectivity index (χ0v) is 10.1. The summed E-state index contributed by atoms with van der Waals surface area (Å²) < 4.78 is 0. The molecule has 1 N–H and O–H groups in total. The molecule has 0 radical (unpaired) electrons. The first-order valence-electron chi connectivity index (χ1n) is 5.79. The Bertz CT molecular complexity index is 110. The zero-order valence-electron chi connectivity index (χ0n) is 10.1. The Balaban J connectivity index is 3.43. The van der Waals surface area contributed by atoms with Crippen LogP contribution in [0.2, 0.25) is 0 Å². The van der Waals surface area contributed by atoms with Crippen molar-refractivity contribution in [1.82, 2.24) is 5.32 Å². The maximum Gasteiger partial charge on any atom is 0.00411 e. The molecule has 0 bridgehead atoms. The molecule has 80 valence electrons. The van der Waals surface area contributed by atoms with E-state index in [0.29, 0.717) is 6.04 Å². The molecule has 0 heterocycles. The highest BCUT2D eigenvalue weighted by atomic mass is 14.9. The van der Waals surface area contributed by atoms with Crippen LogP contribution in [-0.4, -0.2) is 12.6 Å². The summed E-state index contributed by atoms with van der Waals surface area (Å²) in [6, 6.07) is 0.687. The fraction of sp³-hybridized carbons (Fsp3) is 1.00. The van der Waals surface area contributed by atoms with Crippen molar-refractivity contribution in [2.45, 2.75) is 59.9 Å². The standard InChI is InChI=1S/C12H27N/c1-6-13-12(5)9-11(4)8-7-10(2)3/h10-13H,6-9H2,1-5H3. The summed E-state index contributed by atoms with van der Waals surface area (Å²) in [4.78, 5) is 0. The third kappa shape index (κ3) is 8.29. The van der Waals surface area contributed by atoms with Crippen LogP contribution in [0.15, 0.2) is 0 Å². The Hall–Kier alpha value is -0.0400. The van der Waals surface area contributed by atoms with Crippen molar-refractivity contribution in [3.63, 3.8) is 0 Å². The largest absolute Gasteiger partial charge is 0.315 e. The molecule has 0 aliphatic heterocycles. The summed E-state index contributed by atoms with van der Waals surface area (Å²) in [7, 11) is 0. The second-order valence-corrected chi connectivity index (χ2v) is 4.77. The van der Waals surface area contributed by atoms with Gasteiger partial charge in [0.05, 0.1) is 0 Å². The minimum Gasteiger partial charge on any atom is -0.315 e. The maximum atomic E-state index is 3.46. The topological polar surface area (TPSA) is 12.0 Å². The first kappa shape index (κ1) is 13.0. The van der Waals surface area contributed by atoms with Crippen molar-refractivity contribution in [3.05, 3.63) is 0 Å². The van der Waals surface area contributed by atoms with Gasteiger partial charge in [0.2, 0.25) is 0 Å². The van der Waals surface area contributed by atoms with E-state index in [1.54, 1.807) is 0 Å². The highest BCUT2D eigenvalue weighted by Gasteiger charge is 2.07. The highest BCUT2D eigenvalue weighted by Crippen LogP contribution is 2.16. The van der Waals surface area contributed by atoms with E-state index in [1.165, 1.54) is 19.3 Å². The van der Waals surface area contributed by atoms with E-state index < -0.39 is 0 Å². The Morgan fingerprint density at radius 1 is 1.00 bits per heavy atom. The van der Waals surface area contributed by atoms with E-state index in [1.807, 2.05) is 0 Å². The molecule has 0 saturated heterocycles. The molecule has 13 heavy (non-hydrogen) atoms. The summed E-state index contributed by atoms with van der Waals surface area (Å²) in [6.07, 6.45) is 4.08. The summed E-state index contributed by atoms with van der Waals surface area (Å²) in [5.41, 5.74) is 0. The molecule has 0 amide bonds. The second kappa shape index (κ2) is 7.37. The Labute approximate surface area is 84.3 Å². The molecular formula is C12H27N. The zero-order chi connectivity index (χ0) is 10.3. The van der Waals surface area contributed by atoms with Crippen LogP contribution in [0.5, 0.6) is 0 Å². The van der Waals surface area contributed by atoms with Gasteiger partial charge >= 0.3 is 0 Å². The Morgan fingerprint density at radius 3 is 2.08 bits per heavy atom. The van der Waals surface area contributed by atoms with Gasteiger partial charge in [-0.25, -0.2) is 0 Å². The predicted octanol–water partition coefficient (Wildman–Crippen LogP) is 3.45. The van der Waals surface area contributed by atoms with Crippen LogP contribution in [0.25, 0.3) is 0 Å². The first-order valence-corrected chi connectivity index (χ1v) is 5.79. The fourth-order valence-electron chi connectivity index (χ4n) is 1.77. The lowest BCUT2D eigenvalue weighted by molar-refractivity contribution is 0.378. The molecule has 0 fully saturated rings. The number of hydrogen-bond acceptors (Lipinski definition) is 1. The molecule has 2 atom stereocenters. The average molecular weight is 185 g/mol. The third-order valence-corrected chi connectivity index (χ3v) is 2.55. The average Bonchev–Trinajstić information content (AvgIpc) is 2.01. The fourth-order valence-corrected chi connectivity index (χ4v) is 1.77. The van der Waals surface area contributed by atoms with Gasteiger partial charge in [0.25, 0.3) is 0 Å². The van der Waals surface area contributed by atoms with Crippen LogP contribution in [0, 0.1) is 11.8 Å². The summed E-state index contributed by atoms with van der Waals surface area (Å²) in [6.45, 7) is 12.5. The molecule has 2 unspecified atom stereocenters. The van der Waals surface area contributed by atoms with Crippen LogP contribution < -0.4 is 5.32 Å². The number of rotatable bonds is 7. The Kier molecular flexibility index (Phi) is 7.35. The SMILES string of the molecule is CCNC(C)CC(C)CCC(C)C. The molecule has 0 aliphatic rings. The molecule has 0 aromatic rings. The molecule has 1 nitrogen and oxygen atoms in total. The summed E-state index contributed by atoms with van der Waals surface area (Å²) in [5, 5.41) is 3.46. The molecule has 1 heteroatoms. The lowest BCUT2D eigenvalue weighted by Gasteiger charge is -2.18. The van der Waals surface area contributed by atoms with Gasteiger partial charge in [-0.05, 0) is 31.7 Å². The van der Waals surface area contributed by atoms with Crippen LogP contribution in [0.1, 0.15) is 53.9 Å². The van der Waals surface area contributed by atoms with E-state index in [9.17, 15) is 0 Å². The van der Waals surface area contributed by atoms with Crippen LogP contribution in [0.4, 0.5) is 0 Å². The number of hydrogen-bond donors (Lipinski definition) is 1. The van der Waals surface area contributed by atoms with Gasteiger partial charge in [-0.1, -0.05) is 40.5 Å². The quantitative estimate of drug-likeness (QED) is 0.640. The molecule has 0 aromatic heterocycles.